The van der Waals surface area contributed by atoms with Crippen molar-refractivity contribution in [2.75, 3.05) is 19.5 Å². The van der Waals surface area contributed by atoms with Gasteiger partial charge in [-0.15, -0.1) is 0 Å². The summed E-state index contributed by atoms with van der Waals surface area (Å²) in [7, 11) is 3.18. The number of carbonyl (C=O) groups is 1. The minimum Gasteiger partial charge on any atom is -0.493 e. The molecular formula is C16H16BrNO4. The minimum absolute atomic E-state index is 0.263. The lowest BCUT2D eigenvalue weighted by Crippen LogP contribution is -2.02. The molecular weight excluding hydrogens is 350 g/mol. The Morgan fingerprint density at radius 1 is 1.18 bits per heavy atom. The molecule has 0 aliphatic heterocycles. The molecule has 0 saturated carbocycles. The lowest BCUT2D eigenvalue weighted by Gasteiger charge is -2.13. The molecule has 6 heteroatoms. The highest BCUT2D eigenvalue weighted by Gasteiger charge is 2.10. The van der Waals surface area contributed by atoms with E-state index in [2.05, 4.69) is 21.2 Å². The average molecular weight is 366 g/mol. The maximum absolute atomic E-state index is 10.8. The van der Waals surface area contributed by atoms with Crippen LogP contribution >= 0.6 is 15.9 Å². The van der Waals surface area contributed by atoms with Crippen LogP contribution in [-0.2, 0) is 6.54 Å². The van der Waals surface area contributed by atoms with Crippen LogP contribution in [0.15, 0.2) is 40.9 Å². The van der Waals surface area contributed by atoms with Gasteiger partial charge in [-0.05, 0) is 57.9 Å². The molecule has 0 heterocycles. The van der Waals surface area contributed by atoms with E-state index in [4.69, 9.17) is 14.6 Å². The van der Waals surface area contributed by atoms with Crippen molar-refractivity contribution in [2.45, 2.75) is 6.54 Å². The molecule has 0 spiro atoms. The lowest BCUT2D eigenvalue weighted by atomic mass is 10.1. The second kappa shape index (κ2) is 7.17. The van der Waals surface area contributed by atoms with Gasteiger partial charge in [-0.25, -0.2) is 4.79 Å². The van der Waals surface area contributed by atoms with Crippen molar-refractivity contribution in [2.24, 2.45) is 0 Å². The van der Waals surface area contributed by atoms with E-state index in [-0.39, 0.29) is 5.56 Å². The Hall–Kier alpha value is -2.21. The third-order valence-corrected chi connectivity index (χ3v) is 3.71. The van der Waals surface area contributed by atoms with Crippen LogP contribution in [0.4, 0.5) is 5.69 Å². The van der Waals surface area contributed by atoms with Gasteiger partial charge in [-0.3, -0.25) is 0 Å². The molecule has 0 unspecified atom stereocenters. The van der Waals surface area contributed by atoms with Crippen LogP contribution in [0.2, 0.25) is 0 Å². The maximum Gasteiger partial charge on any atom is 0.335 e. The van der Waals surface area contributed by atoms with Gasteiger partial charge in [0.15, 0.2) is 11.5 Å². The maximum atomic E-state index is 10.8. The summed E-state index contributed by atoms with van der Waals surface area (Å²) >= 11 is 3.45. The van der Waals surface area contributed by atoms with E-state index in [1.807, 2.05) is 12.1 Å². The molecule has 0 atom stereocenters. The average Bonchev–Trinajstić information content (AvgIpc) is 2.52. The highest BCUT2D eigenvalue weighted by Crippen LogP contribution is 2.36. The van der Waals surface area contributed by atoms with Crippen molar-refractivity contribution in [3.05, 3.63) is 52.0 Å². The number of halogens is 1. The fourth-order valence-electron chi connectivity index (χ4n) is 2.01. The number of carboxylic acid groups (broad SMARTS) is 1. The Labute approximate surface area is 137 Å². The minimum atomic E-state index is -0.935. The van der Waals surface area contributed by atoms with Gasteiger partial charge in [0.25, 0.3) is 0 Å². The second-order valence-electron chi connectivity index (χ2n) is 4.55. The summed E-state index contributed by atoms with van der Waals surface area (Å²) in [6.45, 7) is 0.575. The number of hydrogen-bond acceptors (Lipinski definition) is 4. The van der Waals surface area contributed by atoms with E-state index < -0.39 is 5.97 Å². The first-order valence-corrected chi connectivity index (χ1v) is 7.32. The predicted molar refractivity (Wildman–Crippen MR) is 88.0 cm³/mol. The Morgan fingerprint density at radius 2 is 1.86 bits per heavy atom. The summed E-state index contributed by atoms with van der Waals surface area (Å²) in [5.41, 5.74) is 2.11. The molecule has 2 rings (SSSR count). The van der Waals surface area contributed by atoms with Crippen LogP contribution in [0.3, 0.4) is 0 Å². The van der Waals surface area contributed by atoms with Crippen molar-refractivity contribution in [1.82, 2.24) is 0 Å². The van der Waals surface area contributed by atoms with Crippen molar-refractivity contribution < 1.29 is 19.4 Å². The molecule has 0 fully saturated rings. The Morgan fingerprint density at radius 3 is 2.41 bits per heavy atom. The summed E-state index contributed by atoms with van der Waals surface area (Å²) in [6.07, 6.45) is 0. The molecule has 0 aliphatic rings. The van der Waals surface area contributed by atoms with Gasteiger partial charge >= 0.3 is 5.97 Å². The van der Waals surface area contributed by atoms with E-state index in [1.54, 1.807) is 38.5 Å². The lowest BCUT2D eigenvalue weighted by molar-refractivity contribution is 0.0697. The van der Waals surface area contributed by atoms with E-state index in [1.165, 1.54) is 0 Å². The fraction of sp³-hybridized carbons (Fsp3) is 0.188. The molecule has 5 nitrogen and oxygen atoms in total. The molecule has 0 radical (unpaired) electrons. The molecule has 0 saturated heterocycles. The number of ether oxygens (including phenoxy) is 2. The number of methoxy groups -OCH3 is 2. The van der Waals surface area contributed by atoms with Gasteiger partial charge in [0.1, 0.15) is 0 Å². The highest BCUT2D eigenvalue weighted by atomic mass is 79.9. The van der Waals surface area contributed by atoms with Crippen molar-refractivity contribution in [3.8, 4) is 11.5 Å². The van der Waals surface area contributed by atoms with Crippen LogP contribution in [0, 0.1) is 0 Å². The summed E-state index contributed by atoms with van der Waals surface area (Å²) in [5.74, 6) is 0.363. The molecule has 0 aliphatic carbocycles. The molecule has 2 aromatic rings. The SMILES string of the molecule is COc1cc(CNc2ccc(C(=O)O)cc2)cc(Br)c1OC. The molecule has 22 heavy (non-hydrogen) atoms. The quantitative estimate of drug-likeness (QED) is 0.815. The van der Waals surface area contributed by atoms with Gasteiger partial charge in [0.05, 0.1) is 24.3 Å². The summed E-state index contributed by atoms with van der Waals surface area (Å²) in [4.78, 5) is 10.8. The molecule has 0 amide bonds. The smallest absolute Gasteiger partial charge is 0.335 e. The number of aromatic carboxylic acids is 1. The zero-order chi connectivity index (χ0) is 16.1. The molecule has 0 aromatic heterocycles. The van der Waals surface area contributed by atoms with Crippen LogP contribution in [-0.4, -0.2) is 25.3 Å². The van der Waals surface area contributed by atoms with Gasteiger partial charge in [0, 0.05) is 12.2 Å². The number of nitrogens with one attached hydrogen (secondary N) is 1. The standard InChI is InChI=1S/C16H16BrNO4/c1-21-14-8-10(7-13(17)15(14)22-2)9-18-12-5-3-11(4-6-12)16(19)20/h3-8,18H,9H2,1-2H3,(H,19,20). The summed E-state index contributed by atoms with van der Waals surface area (Å²) in [5, 5.41) is 12.1. The number of anilines is 1. The highest BCUT2D eigenvalue weighted by molar-refractivity contribution is 9.10. The van der Waals surface area contributed by atoms with Crippen LogP contribution in [0.25, 0.3) is 0 Å². The van der Waals surface area contributed by atoms with Gasteiger partial charge in [-0.1, -0.05) is 0 Å². The van der Waals surface area contributed by atoms with Crippen molar-refractivity contribution in [3.63, 3.8) is 0 Å². The zero-order valence-electron chi connectivity index (χ0n) is 12.2. The second-order valence-corrected chi connectivity index (χ2v) is 5.40. The van der Waals surface area contributed by atoms with E-state index in [0.29, 0.717) is 18.0 Å². The predicted octanol–water partition coefficient (Wildman–Crippen LogP) is 3.78. The third kappa shape index (κ3) is 3.71. The molecule has 0 bridgehead atoms. The Balaban J connectivity index is 2.11. The van der Waals surface area contributed by atoms with Gasteiger partial charge in [-0.2, -0.15) is 0 Å². The molecule has 2 aromatic carbocycles. The normalized spacial score (nSPS) is 10.1. The largest absolute Gasteiger partial charge is 0.493 e. The molecule has 116 valence electrons. The van der Waals surface area contributed by atoms with Crippen LogP contribution in [0.1, 0.15) is 15.9 Å². The summed E-state index contributed by atoms with van der Waals surface area (Å²) in [6, 6.07) is 10.4. The van der Waals surface area contributed by atoms with E-state index in [0.717, 1.165) is 15.7 Å². The number of hydrogen-bond donors (Lipinski definition) is 2. The Kier molecular flexibility index (Phi) is 5.27. The zero-order valence-corrected chi connectivity index (χ0v) is 13.8. The van der Waals surface area contributed by atoms with Gasteiger partial charge < -0.3 is 19.9 Å². The first kappa shape index (κ1) is 16.2. The number of benzene rings is 2. The first-order valence-electron chi connectivity index (χ1n) is 6.52. The van der Waals surface area contributed by atoms with E-state index >= 15 is 0 Å². The van der Waals surface area contributed by atoms with Gasteiger partial charge in [0.2, 0.25) is 0 Å². The van der Waals surface area contributed by atoms with Crippen molar-refractivity contribution in [1.29, 1.82) is 0 Å². The summed E-state index contributed by atoms with van der Waals surface area (Å²) < 4.78 is 11.4. The Bertz CT molecular complexity index is 671. The first-order chi connectivity index (χ1) is 10.5. The third-order valence-electron chi connectivity index (χ3n) is 3.12. The number of rotatable bonds is 6. The fourth-order valence-corrected chi connectivity index (χ4v) is 2.66. The van der Waals surface area contributed by atoms with Crippen LogP contribution in [0.5, 0.6) is 11.5 Å². The van der Waals surface area contributed by atoms with E-state index in [9.17, 15) is 4.79 Å². The van der Waals surface area contributed by atoms with Crippen molar-refractivity contribution >= 4 is 27.6 Å². The number of carboxylic acids is 1. The van der Waals surface area contributed by atoms with Crippen LogP contribution < -0.4 is 14.8 Å². The topological polar surface area (TPSA) is 67.8 Å². The monoisotopic (exact) mass is 365 g/mol. The molecule has 2 N–H and O–H groups in total.